The number of anilines is 1. The summed E-state index contributed by atoms with van der Waals surface area (Å²) in [6.45, 7) is 0.868. The Morgan fingerprint density at radius 3 is 3.00 bits per heavy atom. The maximum Gasteiger partial charge on any atom is 0.407 e. The quantitative estimate of drug-likeness (QED) is 0.742. The Kier molecular flexibility index (Phi) is 3.48. The van der Waals surface area contributed by atoms with Gasteiger partial charge < -0.3 is 24.9 Å². The number of hydrogen-bond donors (Lipinski definition) is 2. The molecule has 3 aromatic rings. The zero-order valence-corrected chi connectivity index (χ0v) is 13.7. The number of imidazole rings is 1. The zero-order valence-electron chi connectivity index (χ0n) is 13.7. The first-order valence-electron chi connectivity index (χ1n) is 7.92. The number of amides is 1. The molecule has 4 rings (SSSR count). The Balaban J connectivity index is 1.59. The Labute approximate surface area is 143 Å². The lowest BCUT2D eigenvalue weighted by atomic mass is 10.1. The summed E-state index contributed by atoms with van der Waals surface area (Å²) in [6.07, 6.45) is 5.20. The minimum absolute atomic E-state index is 0.110. The van der Waals surface area contributed by atoms with Crippen LogP contribution in [0.2, 0.25) is 0 Å². The molecular weight excluding hydrogens is 324 g/mol. The largest absolute Gasteiger partial charge is 0.487 e. The number of rotatable bonds is 4. The van der Waals surface area contributed by atoms with E-state index in [1.165, 1.54) is 4.90 Å². The van der Waals surface area contributed by atoms with E-state index in [1.807, 2.05) is 29.8 Å². The van der Waals surface area contributed by atoms with E-state index in [4.69, 9.17) is 15.6 Å². The summed E-state index contributed by atoms with van der Waals surface area (Å²) in [4.78, 5) is 16.7. The molecule has 0 aliphatic carbocycles. The molecule has 130 valence electrons. The molecule has 1 fully saturated rings. The summed E-state index contributed by atoms with van der Waals surface area (Å²) in [5.74, 6) is 1.07. The molecule has 9 nitrogen and oxygen atoms in total. The molecule has 0 saturated carbocycles. The standard InChI is InChI=1S/C16H18N6O3/c1-20-15(10-2-3-14-19-13(17)8-21(14)7-10)12(6-18-20)25-9-11-4-5-22(11)16(23)24/h2-3,6-8,11H,4-5,9,17H2,1H3,(H,23,24). The van der Waals surface area contributed by atoms with Crippen LogP contribution in [0.25, 0.3) is 16.9 Å². The van der Waals surface area contributed by atoms with E-state index < -0.39 is 6.09 Å². The van der Waals surface area contributed by atoms with Gasteiger partial charge >= 0.3 is 6.09 Å². The number of fused-ring (bicyclic) bond motifs is 1. The van der Waals surface area contributed by atoms with Crippen molar-refractivity contribution in [2.75, 3.05) is 18.9 Å². The van der Waals surface area contributed by atoms with E-state index in [0.717, 1.165) is 23.3 Å². The van der Waals surface area contributed by atoms with Gasteiger partial charge in [0.2, 0.25) is 0 Å². The summed E-state index contributed by atoms with van der Waals surface area (Å²) in [5, 5.41) is 13.3. The van der Waals surface area contributed by atoms with Gasteiger partial charge in [-0.05, 0) is 18.6 Å². The second-order valence-electron chi connectivity index (χ2n) is 6.06. The Morgan fingerprint density at radius 2 is 2.28 bits per heavy atom. The average molecular weight is 342 g/mol. The van der Waals surface area contributed by atoms with Gasteiger partial charge in [-0.3, -0.25) is 4.68 Å². The van der Waals surface area contributed by atoms with E-state index in [0.29, 0.717) is 24.7 Å². The molecule has 0 spiro atoms. The van der Waals surface area contributed by atoms with Gasteiger partial charge in [0.1, 0.15) is 23.8 Å². The highest BCUT2D eigenvalue weighted by molar-refractivity contribution is 5.68. The Hall–Kier alpha value is -3.23. The van der Waals surface area contributed by atoms with E-state index in [-0.39, 0.29) is 6.04 Å². The SMILES string of the molecule is Cn1ncc(OCC2CCN2C(=O)O)c1-c1ccc2nc(N)cn2c1. The fraction of sp³-hybridized carbons (Fsp3) is 0.312. The van der Waals surface area contributed by atoms with Crippen molar-refractivity contribution in [3.8, 4) is 17.0 Å². The molecule has 1 saturated heterocycles. The van der Waals surface area contributed by atoms with Crippen molar-refractivity contribution in [1.82, 2.24) is 24.1 Å². The van der Waals surface area contributed by atoms with Crippen molar-refractivity contribution in [1.29, 1.82) is 0 Å². The molecule has 3 aromatic heterocycles. The van der Waals surface area contributed by atoms with Gasteiger partial charge in [-0.15, -0.1) is 0 Å². The monoisotopic (exact) mass is 342 g/mol. The van der Waals surface area contributed by atoms with Gasteiger partial charge in [-0.25, -0.2) is 9.78 Å². The summed E-state index contributed by atoms with van der Waals surface area (Å²) in [7, 11) is 1.83. The van der Waals surface area contributed by atoms with Crippen LogP contribution < -0.4 is 10.5 Å². The highest BCUT2D eigenvalue weighted by atomic mass is 16.5. The Bertz CT molecular complexity index is 947. The van der Waals surface area contributed by atoms with Crippen molar-refractivity contribution in [3.05, 3.63) is 30.7 Å². The number of ether oxygens (including phenoxy) is 1. The third-order valence-electron chi connectivity index (χ3n) is 4.47. The molecule has 0 radical (unpaired) electrons. The average Bonchev–Trinajstić information content (AvgIpc) is 3.06. The molecule has 25 heavy (non-hydrogen) atoms. The van der Waals surface area contributed by atoms with Crippen LogP contribution in [0.4, 0.5) is 10.6 Å². The molecule has 0 aromatic carbocycles. The van der Waals surface area contributed by atoms with Crippen molar-refractivity contribution in [2.45, 2.75) is 12.5 Å². The first-order valence-corrected chi connectivity index (χ1v) is 7.92. The van der Waals surface area contributed by atoms with Crippen LogP contribution in [0.1, 0.15) is 6.42 Å². The van der Waals surface area contributed by atoms with Gasteiger partial charge in [-0.1, -0.05) is 0 Å². The molecule has 1 amide bonds. The second-order valence-corrected chi connectivity index (χ2v) is 6.06. The van der Waals surface area contributed by atoms with Gasteiger partial charge in [0, 0.05) is 25.4 Å². The van der Waals surface area contributed by atoms with E-state index in [2.05, 4.69) is 10.1 Å². The van der Waals surface area contributed by atoms with Crippen LogP contribution in [0, 0.1) is 0 Å². The molecule has 1 aliphatic heterocycles. The van der Waals surface area contributed by atoms with E-state index >= 15 is 0 Å². The van der Waals surface area contributed by atoms with E-state index in [9.17, 15) is 4.79 Å². The number of carboxylic acid groups (broad SMARTS) is 1. The lowest BCUT2D eigenvalue weighted by molar-refractivity contribution is 0.0501. The predicted octanol–water partition coefficient (Wildman–Crippen LogP) is 1.45. The summed E-state index contributed by atoms with van der Waals surface area (Å²) in [5.41, 5.74) is 8.22. The van der Waals surface area contributed by atoms with Crippen molar-refractivity contribution < 1.29 is 14.6 Å². The van der Waals surface area contributed by atoms with Crippen molar-refractivity contribution in [2.24, 2.45) is 7.05 Å². The minimum Gasteiger partial charge on any atom is -0.487 e. The number of carbonyl (C=O) groups is 1. The number of nitrogen functional groups attached to an aromatic ring is 1. The first-order chi connectivity index (χ1) is 12.0. The normalized spacial score (nSPS) is 16.8. The van der Waals surface area contributed by atoms with Gasteiger partial charge in [0.15, 0.2) is 5.75 Å². The zero-order chi connectivity index (χ0) is 17.6. The number of aryl methyl sites for hydroxylation is 1. The molecule has 1 atom stereocenters. The van der Waals surface area contributed by atoms with Crippen LogP contribution in [-0.2, 0) is 7.05 Å². The number of nitrogens with zero attached hydrogens (tertiary/aromatic N) is 5. The lowest BCUT2D eigenvalue weighted by Gasteiger charge is -2.38. The van der Waals surface area contributed by atoms with Crippen LogP contribution in [0.5, 0.6) is 5.75 Å². The molecule has 3 N–H and O–H groups in total. The molecule has 1 unspecified atom stereocenters. The molecule has 1 aliphatic rings. The number of hydrogen-bond acceptors (Lipinski definition) is 5. The molecule has 9 heteroatoms. The predicted molar refractivity (Wildman–Crippen MR) is 90.4 cm³/mol. The molecular formula is C16H18N6O3. The lowest BCUT2D eigenvalue weighted by Crippen LogP contribution is -2.53. The Morgan fingerprint density at radius 1 is 1.44 bits per heavy atom. The van der Waals surface area contributed by atoms with Crippen LogP contribution >= 0.6 is 0 Å². The highest BCUT2D eigenvalue weighted by Crippen LogP contribution is 2.30. The molecule has 4 heterocycles. The number of aromatic nitrogens is 4. The third kappa shape index (κ3) is 2.63. The van der Waals surface area contributed by atoms with Gasteiger partial charge in [0.25, 0.3) is 0 Å². The number of likely N-dealkylation sites (tertiary alicyclic amines) is 1. The highest BCUT2D eigenvalue weighted by Gasteiger charge is 2.32. The van der Waals surface area contributed by atoms with Crippen LogP contribution in [0.3, 0.4) is 0 Å². The maximum atomic E-state index is 11.1. The van der Waals surface area contributed by atoms with Gasteiger partial charge in [-0.2, -0.15) is 5.10 Å². The summed E-state index contributed by atoms with van der Waals surface area (Å²) < 4.78 is 9.45. The minimum atomic E-state index is -0.908. The maximum absolute atomic E-state index is 11.1. The topological polar surface area (TPSA) is 111 Å². The van der Waals surface area contributed by atoms with E-state index in [1.54, 1.807) is 17.1 Å². The fourth-order valence-electron chi connectivity index (χ4n) is 3.06. The number of nitrogens with two attached hydrogens (primary N) is 1. The molecule has 0 bridgehead atoms. The van der Waals surface area contributed by atoms with Crippen molar-refractivity contribution >= 4 is 17.6 Å². The summed E-state index contributed by atoms with van der Waals surface area (Å²) in [6, 6.07) is 3.69. The second kappa shape index (κ2) is 5.69. The van der Waals surface area contributed by atoms with Crippen LogP contribution in [0.15, 0.2) is 30.7 Å². The van der Waals surface area contributed by atoms with Crippen LogP contribution in [-0.4, -0.2) is 54.5 Å². The first kappa shape index (κ1) is 15.3. The smallest absolute Gasteiger partial charge is 0.407 e. The van der Waals surface area contributed by atoms with Gasteiger partial charge in [0.05, 0.1) is 18.4 Å². The van der Waals surface area contributed by atoms with Crippen molar-refractivity contribution in [3.63, 3.8) is 0 Å². The number of pyridine rings is 1. The third-order valence-corrected chi connectivity index (χ3v) is 4.47. The fourth-order valence-corrected chi connectivity index (χ4v) is 3.06. The summed E-state index contributed by atoms with van der Waals surface area (Å²) >= 11 is 0.